The van der Waals surface area contributed by atoms with E-state index in [1.54, 1.807) is 0 Å². The second-order valence-electron chi connectivity index (χ2n) is 6.20. The molecule has 108 valence electrons. The van der Waals surface area contributed by atoms with Crippen molar-refractivity contribution in [2.45, 2.75) is 44.7 Å². The second-order valence-corrected chi connectivity index (χ2v) is 6.20. The highest BCUT2D eigenvalue weighted by molar-refractivity contribution is 5.79. The highest BCUT2D eigenvalue weighted by Gasteiger charge is 2.31. The van der Waals surface area contributed by atoms with Crippen molar-refractivity contribution in [3.63, 3.8) is 0 Å². The summed E-state index contributed by atoms with van der Waals surface area (Å²) in [5.74, 6) is 0.589. The number of carbonyl (C=O) groups is 1. The van der Waals surface area contributed by atoms with Gasteiger partial charge >= 0.3 is 0 Å². The molecule has 2 aliphatic rings. The molecule has 1 aromatic carbocycles. The molecule has 3 heteroatoms. The summed E-state index contributed by atoms with van der Waals surface area (Å²) in [5, 5.41) is 3.24. The average Bonchev–Trinajstić information content (AvgIpc) is 2.85. The first kappa shape index (κ1) is 13.6. The molecule has 0 bridgehead atoms. The number of amides is 1. The molecule has 0 spiro atoms. The van der Waals surface area contributed by atoms with Crippen LogP contribution in [0.25, 0.3) is 0 Å². The molecule has 0 unspecified atom stereocenters. The molecule has 1 amide bonds. The van der Waals surface area contributed by atoms with Crippen molar-refractivity contribution >= 4 is 5.91 Å². The normalized spacial score (nSPS) is 25.1. The molecule has 2 atom stereocenters. The Morgan fingerprint density at radius 1 is 1.25 bits per heavy atom. The molecular formula is C17H24N2O. The summed E-state index contributed by atoms with van der Waals surface area (Å²) in [5.41, 5.74) is 1.36. The molecule has 1 N–H and O–H groups in total. The van der Waals surface area contributed by atoms with E-state index in [1.807, 2.05) is 0 Å². The molecule has 0 aromatic heterocycles. The number of hydrogen-bond donors (Lipinski definition) is 1. The number of benzene rings is 1. The molecule has 3 rings (SSSR count). The summed E-state index contributed by atoms with van der Waals surface area (Å²) in [6, 6.07) is 11.4. The lowest BCUT2D eigenvalue weighted by Crippen LogP contribution is -2.42. The third-order valence-corrected chi connectivity index (χ3v) is 4.87. The van der Waals surface area contributed by atoms with Gasteiger partial charge in [0.2, 0.25) is 5.91 Å². The maximum absolute atomic E-state index is 12.0. The van der Waals surface area contributed by atoms with E-state index in [4.69, 9.17) is 0 Å². The second kappa shape index (κ2) is 5.96. The summed E-state index contributed by atoms with van der Waals surface area (Å²) in [4.78, 5) is 14.5. The zero-order valence-electron chi connectivity index (χ0n) is 12.2. The molecule has 1 aliphatic carbocycles. The number of rotatable bonds is 4. The molecule has 1 saturated carbocycles. The van der Waals surface area contributed by atoms with E-state index >= 15 is 0 Å². The van der Waals surface area contributed by atoms with Crippen molar-refractivity contribution in [2.24, 2.45) is 5.92 Å². The van der Waals surface area contributed by atoms with Gasteiger partial charge in [0.05, 0.1) is 0 Å². The Kier molecular flexibility index (Phi) is 4.06. The zero-order valence-corrected chi connectivity index (χ0v) is 12.2. The first-order valence-electron chi connectivity index (χ1n) is 7.83. The van der Waals surface area contributed by atoms with Gasteiger partial charge in [0.1, 0.15) is 0 Å². The molecule has 1 aromatic rings. The van der Waals surface area contributed by atoms with Gasteiger partial charge in [-0.3, -0.25) is 9.69 Å². The Morgan fingerprint density at radius 2 is 2.00 bits per heavy atom. The summed E-state index contributed by atoms with van der Waals surface area (Å²) in [7, 11) is 0. The maximum Gasteiger partial charge on any atom is 0.223 e. The maximum atomic E-state index is 12.0. The molecule has 0 radical (unpaired) electrons. The minimum Gasteiger partial charge on any atom is -0.352 e. The van der Waals surface area contributed by atoms with Crippen molar-refractivity contribution in [2.75, 3.05) is 13.1 Å². The van der Waals surface area contributed by atoms with Gasteiger partial charge in [0.15, 0.2) is 0 Å². The van der Waals surface area contributed by atoms with Crippen LogP contribution < -0.4 is 5.32 Å². The highest BCUT2D eigenvalue weighted by atomic mass is 16.2. The van der Waals surface area contributed by atoms with Crippen LogP contribution in [0.4, 0.5) is 0 Å². The van der Waals surface area contributed by atoms with Gasteiger partial charge in [-0.1, -0.05) is 36.8 Å². The average molecular weight is 272 g/mol. The summed E-state index contributed by atoms with van der Waals surface area (Å²) in [6.07, 6.45) is 4.47. The van der Waals surface area contributed by atoms with Gasteiger partial charge in [-0.25, -0.2) is 0 Å². The quantitative estimate of drug-likeness (QED) is 0.914. The van der Waals surface area contributed by atoms with Crippen LogP contribution in [0.1, 0.15) is 44.2 Å². The first-order valence-corrected chi connectivity index (χ1v) is 7.83. The minimum absolute atomic E-state index is 0.287. The van der Waals surface area contributed by atoms with Crippen molar-refractivity contribution in [3.05, 3.63) is 35.9 Å². The molecular weight excluding hydrogens is 248 g/mol. The fourth-order valence-corrected chi connectivity index (χ4v) is 3.19. The Bertz CT molecular complexity index is 455. The van der Waals surface area contributed by atoms with Gasteiger partial charge in [-0.05, 0) is 31.7 Å². The first-order chi connectivity index (χ1) is 9.74. The van der Waals surface area contributed by atoms with Crippen LogP contribution in [0.2, 0.25) is 0 Å². The summed E-state index contributed by atoms with van der Waals surface area (Å²) in [6.45, 7) is 4.31. The van der Waals surface area contributed by atoms with Crippen molar-refractivity contribution in [3.8, 4) is 0 Å². The minimum atomic E-state index is 0.287. The Labute approximate surface area is 121 Å². The van der Waals surface area contributed by atoms with Crippen LogP contribution in [-0.2, 0) is 4.79 Å². The van der Waals surface area contributed by atoms with Crippen LogP contribution in [0.15, 0.2) is 30.3 Å². The lowest BCUT2D eigenvalue weighted by molar-refractivity contribution is -0.128. The highest BCUT2D eigenvalue weighted by Crippen LogP contribution is 2.28. The molecule has 2 fully saturated rings. The van der Waals surface area contributed by atoms with E-state index in [9.17, 15) is 4.79 Å². The number of hydrogen-bond acceptors (Lipinski definition) is 2. The van der Waals surface area contributed by atoms with Gasteiger partial charge in [-0.2, -0.15) is 0 Å². The van der Waals surface area contributed by atoms with E-state index in [0.717, 1.165) is 32.4 Å². The van der Waals surface area contributed by atoms with E-state index in [2.05, 4.69) is 47.5 Å². The van der Waals surface area contributed by atoms with Crippen molar-refractivity contribution in [1.29, 1.82) is 0 Å². The van der Waals surface area contributed by atoms with E-state index in [-0.39, 0.29) is 5.91 Å². The van der Waals surface area contributed by atoms with E-state index in [0.29, 0.717) is 18.0 Å². The van der Waals surface area contributed by atoms with E-state index in [1.165, 1.54) is 12.0 Å². The molecule has 1 heterocycles. The topological polar surface area (TPSA) is 32.3 Å². The van der Waals surface area contributed by atoms with Crippen molar-refractivity contribution < 1.29 is 4.79 Å². The van der Waals surface area contributed by atoms with Crippen LogP contribution in [0.5, 0.6) is 0 Å². The molecule has 1 aliphatic heterocycles. The van der Waals surface area contributed by atoms with Crippen LogP contribution in [-0.4, -0.2) is 29.9 Å². The summed E-state index contributed by atoms with van der Waals surface area (Å²) >= 11 is 0. The Morgan fingerprint density at radius 3 is 2.65 bits per heavy atom. The standard InChI is InChI=1S/C17H24N2O/c1-13(14-6-3-2-4-7-14)19-11-10-16(12-19)18-17(20)15-8-5-9-15/h2-4,6-7,13,15-16H,5,8-12H2,1H3,(H,18,20)/t13-,16+/m1/s1. The number of carbonyl (C=O) groups excluding carboxylic acids is 1. The number of nitrogens with zero attached hydrogens (tertiary/aromatic N) is 1. The molecule has 20 heavy (non-hydrogen) atoms. The fraction of sp³-hybridized carbons (Fsp3) is 0.588. The van der Waals surface area contributed by atoms with E-state index < -0.39 is 0 Å². The SMILES string of the molecule is C[C@H](c1ccccc1)N1CC[C@H](NC(=O)C2CCC2)C1. The lowest BCUT2D eigenvalue weighted by Gasteiger charge is -2.27. The monoisotopic (exact) mass is 272 g/mol. The van der Waals surface area contributed by atoms with Crippen LogP contribution in [0, 0.1) is 5.92 Å². The Balaban J connectivity index is 1.52. The molecule has 1 saturated heterocycles. The zero-order chi connectivity index (χ0) is 13.9. The van der Waals surface area contributed by atoms with Crippen LogP contribution in [0.3, 0.4) is 0 Å². The fourth-order valence-electron chi connectivity index (χ4n) is 3.19. The smallest absolute Gasteiger partial charge is 0.223 e. The van der Waals surface area contributed by atoms with Gasteiger partial charge in [0.25, 0.3) is 0 Å². The third-order valence-electron chi connectivity index (χ3n) is 4.87. The van der Waals surface area contributed by atoms with Gasteiger partial charge in [-0.15, -0.1) is 0 Å². The molecule has 3 nitrogen and oxygen atoms in total. The van der Waals surface area contributed by atoms with Crippen molar-refractivity contribution in [1.82, 2.24) is 10.2 Å². The number of nitrogens with one attached hydrogen (secondary N) is 1. The largest absolute Gasteiger partial charge is 0.352 e. The van der Waals surface area contributed by atoms with Crippen LogP contribution >= 0.6 is 0 Å². The van der Waals surface area contributed by atoms with Gasteiger partial charge in [0, 0.05) is 31.1 Å². The predicted octanol–water partition coefficient (Wildman–Crippen LogP) is 2.74. The number of likely N-dealkylation sites (tertiary alicyclic amines) is 1. The predicted molar refractivity (Wildman–Crippen MR) is 80.3 cm³/mol. The third kappa shape index (κ3) is 2.88. The summed E-state index contributed by atoms with van der Waals surface area (Å²) < 4.78 is 0. The van der Waals surface area contributed by atoms with Gasteiger partial charge < -0.3 is 5.32 Å². The lowest BCUT2D eigenvalue weighted by atomic mass is 9.84. The Hall–Kier alpha value is -1.35.